The number of hydrogen-bond acceptors (Lipinski definition) is 2. The quantitative estimate of drug-likeness (QED) is 0.880. The fraction of sp³-hybridized carbons (Fsp3) is 0.647. The highest BCUT2D eigenvalue weighted by atomic mass is 16.3. The van der Waals surface area contributed by atoms with Crippen LogP contribution in [0.1, 0.15) is 49.8 Å². The minimum atomic E-state index is 0.0463. The highest BCUT2D eigenvalue weighted by Gasteiger charge is 2.23. The molecule has 19 heavy (non-hydrogen) atoms. The molecule has 0 unspecified atom stereocenters. The van der Waals surface area contributed by atoms with Crippen LogP contribution in [-0.4, -0.2) is 29.2 Å². The number of aliphatic hydroxyl groups is 1. The lowest BCUT2D eigenvalue weighted by Gasteiger charge is -2.35. The third-order valence-corrected chi connectivity index (χ3v) is 4.59. The Hall–Kier alpha value is -0.860. The van der Waals surface area contributed by atoms with Crippen LogP contribution >= 0.6 is 0 Å². The number of hydrogen-bond donors (Lipinski definition) is 1. The predicted octanol–water partition coefficient (Wildman–Crippen LogP) is 3.16. The van der Waals surface area contributed by atoms with Crippen LogP contribution in [0.3, 0.4) is 0 Å². The highest BCUT2D eigenvalue weighted by Crippen LogP contribution is 2.24. The summed E-state index contributed by atoms with van der Waals surface area (Å²) < 4.78 is 0. The maximum absolute atomic E-state index is 9.15. The Morgan fingerprint density at radius 1 is 1.16 bits per heavy atom. The molecule has 0 saturated carbocycles. The molecule has 0 heterocycles. The van der Waals surface area contributed by atoms with Gasteiger partial charge in [-0.15, -0.1) is 0 Å². The van der Waals surface area contributed by atoms with E-state index in [4.69, 9.17) is 5.11 Å². The van der Waals surface area contributed by atoms with Crippen molar-refractivity contribution in [2.75, 3.05) is 13.7 Å². The van der Waals surface area contributed by atoms with E-state index in [1.165, 1.54) is 31.2 Å². The Morgan fingerprint density at radius 2 is 1.84 bits per heavy atom. The van der Waals surface area contributed by atoms with E-state index in [9.17, 15) is 0 Å². The Morgan fingerprint density at radius 3 is 2.53 bits per heavy atom. The first kappa shape index (κ1) is 14.5. The molecule has 2 rings (SSSR count). The summed E-state index contributed by atoms with van der Waals surface area (Å²) in [5, 5.41) is 9.15. The Labute approximate surface area is 117 Å². The van der Waals surface area contributed by atoms with Crippen LogP contribution in [0.2, 0.25) is 0 Å². The zero-order valence-electron chi connectivity index (χ0n) is 12.6. The highest BCUT2D eigenvalue weighted by molar-refractivity contribution is 5.33. The lowest BCUT2D eigenvalue weighted by Crippen LogP contribution is -2.41. The van der Waals surface area contributed by atoms with Crippen LogP contribution in [0.5, 0.6) is 0 Å². The molecule has 0 aromatic heterocycles. The minimum Gasteiger partial charge on any atom is -0.396 e. The van der Waals surface area contributed by atoms with Crippen LogP contribution in [0, 0.1) is 0 Å². The van der Waals surface area contributed by atoms with Gasteiger partial charge in [-0.25, -0.2) is 0 Å². The van der Waals surface area contributed by atoms with Gasteiger partial charge in [0.15, 0.2) is 0 Å². The molecule has 1 aliphatic rings. The maximum Gasteiger partial charge on any atom is 0.0448 e. The zero-order valence-corrected chi connectivity index (χ0v) is 12.6. The summed E-state index contributed by atoms with van der Waals surface area (Å²) in [6, 6.07) is 6.98. The third-order valence-electron chi connectivity index (χ3n) is 4.59. The molecular formula is C17H27NO. The molecule has 0 atom stereocenters. The lowest BCUT2D eigenvalue weighted by atomic mass is 9.90. The summed E-state index contributed by atoms with van der Waals surface area (Å²) in [5.74, 6) is 0. The van der Waals surface area contributed by atoms with Crippen LogP contribution in [0.4, 0.5) is 0 Å². The van der Waals surface area contributed by atoms with E-state index < -0.39 is 0 Å². The first-order valence-corrected chi connectivity index (χ1v) is 7.46. The molecule has 1 aliphatic carbocycles. The standard InChI is InChI=1S/C17H27NO/c1-17(2,10-11-19)18(3)13-14-8-9-15-6-4-5-7-16(15)12-14/h8-9,12,19H,4-7,10-11,13H2,1-3H3. The predicted molar refractivity (Wildman–Crippen MR) is 80.3 cm³/mol. The van der Waals surface area contributed by atoms with Gasteiger partial charge in [0.2, 0.25) is 0 Å². The average molecular weight is 261 g/mol. The normalized spacial score (nSPS) is 15.6. The summed E-state index contributed by atoms with van der Waals surface area (Å²) in [6.45, 7) is 5.60. The molecule has 0 radical (unpaired) electrons. The summed E-state index contributed by atoms with van der Waals surface area (Å²) in [7, 11) is 2.15. The van der Waals surface area contributed by atoms with Crippen molar-refractivity contribution in [2.24, 2.45) is 0 Å². The van der Waals surface area contributed by atoms with Crippen molar-refractivity contribution in [1.29, 1.82) is 0 Å². The lowest BCUT2D eigenvalue weighted by molar-refractivity contribution is 0.110. The van der Waals surface area contributed by atoms with Crippen molar-refractivity contribution in [3.63, 3.8) is 0 Å². The number of nitrogens with zero attached hydrogens (tertiary/aromatic N) is 1. The Kier molecular flexibility index (Phi) is 4.64. The van der Waals surface area contributed by atoms with Crippen molar-refractivity contribution in [3.8, 4) is 0 Å². The molecule has 2 heteroatoms. The van der Waals surface area contributed by atoms with Crippen LogP contribution in [-0.2, 0) is 19.4 Å². The summed E-state index contributed by atoms with van der Waals surface area (Å²) in [4.78, 5) is 2.34. The van der Waals surface area contributed by atoms with Crippen LogP contribution in [0.15, 0.2) is 18.2 Å². The van der Waals surface area contributed by atoms with Gasteiger partial charge < -0.3 is 5.11 Å². The van der Waals surface area contributed by atoms with E-state index in [1.807, 2.05) is 0 Å². The van der Waals surface area contributed by atoms with Gasteiger partial charge in [-0.1, -0.05) is 18.2 Å². The van der Waals surface area contributed by atoms with E-state index >= 15 is 0 Å². The van der Waals surface area contributed by atoms with Gasteiger partial charge in [-0.3, -0.25) is 4.90 Å². The minimum absolute atomic E-state index is 0.0463. The first-order chi connectivity index (χ1) is 9.03. The smallest absolute Gasteiger partial charge is 0.0448 e. The largest absolute Gasteiger partial charge is 0.396 e. The zero-order chi connectivity index (χ0) is 13.9. The molecule has 106 valence electrons. The number of aryl methyl sites for hydroxylation is 2. The van der Waals surface area contributed by atoms with Crippen molar-refractivity contribution < 1.29 is 5.11 Å². The maximum atomic E-state index is 9.15. The SMILES string of the molecule is CN(Cc1ccc2c(c1)CCCC2)C(C)(C)CCO. The molecule has 0 saturated heterocycles. The Bertz CT molecular complexity index is 425. The molecule has 0 bridgehead atoms. The third kappa shape index (κ3) is 3.58. The molecule has 0 fully saturated rings. The van der Waals surface area contributed by atoms with E-state index in [1.54, 1.807) is 11.1 Å². The van der Waals surface area contributed by atoms with E-state index in [-0.39, 0.29) is 12.1 Å². The van der Waals surface area contributed by atoms with Gasteiger partial charge in [0, 0.05) is 18.7 Å². The van der Waals surface area contributed by atoms with Crippen LogP contribution < -0.4 is 0 Å². The second-order valence-corrected chi connectivity index (χ2v) is 6.45. The van der Waals surface area contributed by atoms with Crippen molar-refractivity contribution in [1.82, 2.24) is 4.90 Å². The summed E-state index contributed by atoms with van der Waals surface area (Å²) >= 11 is 0. The second-order valence-electron chi connectivity index (χ2n) is 6.45. The van der Waals surface area contributed by atoms with E-state index in [0.717, 1.165) is 13.0 Å². The molecule has 0 aliphatic heterocycles. The molecule has 1 aromatic rings. The van der Waals surface area contributed by atoms with Gasteiger partial charge in [0.25, 0.3) is 0 Å². The molecule has 2 nitrogen and oxygen atoms in total. The summed E-state index contributed by atoms with van der Waals surface area (Å²) in [5.41, 5.74) is 4.54. The molecule has 1 N–H and O–H groups in total. The molecule has 0 spiro atoms. The topological polar surface area (TPSA) is 23.5 Å². The van der Waals surface area contributed by atoms with Crippen molar-refractivity contribution in [2.45, 2.75) is 58.0 Å². The van der Waals surface area contributed by atoms with E-state index in [0.29, 0.717) is 0 Å². The fourth-order valence-corrected chi connectivity index (χ4v) is 2.84. The van der Waals surface area contributed by atoms with Gasteiger partial charge in [0.05, 0.1) is 0 Å². The number of benzene rings is 1. The van der Waals surface area contributed by atoms with Crippen molar-refractivity contribution >= 4 is 0 Å². The van der Waals surface area contributed by atoms with Gasteiger partial charge >= 0.3 is 0 Å². The van der Waals surface area contributed by atoms with Gasteiger partial charge in [-0.05, 0) is 69.7 Å². The Balaban J connectivity index is 2.07. The number of aliphatic hydroxyl groups excluding tert-OH is 1. The molecular weight excluding hydrogens is 234 g/mol. The number of rotatable bonds is 5. The van der Waals surface area contributed by atoms with Crippen molar-refractivity contribution in [3.05, 3.63) is 34.9 Å². The molecule has 1 aromatic carbocycles. The second kappa shape index (κ2) is 6.06. The van der Waals surface area contributed by atoms with Crippen LogP contribution in [0.25, 0.3) is 0 Å². The van der Waals surface area contributed by atoms with E-state index in [2.05, 4.69) is 44.0 Å². The summed E-state index contributed by atoms with van der Waals surface area (Å²) in [6.07, 6.45) is 5.99. The van der Waals surface area contributed by atoms with Gasteiger partial charge in [-0.2, -0.15) is 0 Å². The van der Waals surface area contributed by atoms with Gasteiger partial charge in [0.1, 0.15) is 0 Å². The average Bonchev–Trinajstić information content (AvgIpc) is 2.38. The monoisotopic (exact) mass is 261 g/mol. The fourth-order valence-electron chi connectivity index (χ4n) is 2.84. The molecule has 0 amide bonds. The first-order valence-electron chi connectivity index (χ1n) is 7.46. The number of fused-ring (bicyclic) bond motifs is 1.